The zero-order valence-corrected chi connectivity index (χ0v) is 12.4. The minimum Gasteiger partial charge on any atom is -0.481 e. The molecule has 0 unspecified atom stereocenters. The van der Waals surface area contributed by atoms with Gasteiger partial charge in [0.15, 0.2) is 0 Å². The summed E-state index contributed by atoms with van der Waals surface area (Å²) in [5.74, 6) is -0.553. The van der Waals surface area contributed by atoms with Gasteiger partial charge >= 0.3 is 12.0 Å². The SMILES string of the molecule is CC(C)C(C)(C)CNC(=O)N1CCC(C(=O)O)CC1. The summed E-state index contributed by atoms with van der Waals surface area (Å²) in [5, 5.41) is 11.9. The van der Waals surface area contributed by atoms with Gasteiger partial charge in [0.05, 0.1) is 5.92 Å². The Hall–Kier alpha value is -1.26. The van der Waals surface area contributed by atoms with E-state index >= 15 is 0 Å². The van der Waals surface area contributed by atoms with Crippen LogP contribution in [-0.4, -0.2) is 41.6 Å². The summed E-state index contributed by atoms with van der Waals surface area (Å²) < 4.78 is 0. The third-order valence-electron chi connectivity index (χ3n) is 4.39. The molecule has 1 aliphatic rings. The maximum atomic E-state index is 12.0. The molecule has 1 aliphatic heterocycles. The van der Waals surface area contributed by atoms with Crippen molar-refractivity contribution in [2.75, 3.05) is 19.6 Å². The van der Waals surface area contributed by atoms with Crippen LogP contribution in [0.25, 0.3) is 0 Å². The Morgan fingerprint density at radius 3 is 2.26 bits per heavy atom. The monoisotopic (exact) mass is 270 g/mol. The van der Waals surface area contributed by atoms with Crippen molar-refractivity contribution in [3.63, 3.8) is 0 Å². The highest BCUT2D eigenvalue weighted by Gasteiger charge is 2.28. The number of carboxylic acid groups (broad SMARTS) is 1. The van der Waals surface area contributed by atoms with E-state index in [-0.39, 0.29) is 17.4 Å². The van der Waals surface area contributed by atoms with Crippen LogP contribution in [0, 0.1) is 17.3 Å². The first-order valence-electron chi connectivity index (χ1n) is 6.99. The minimum absolute atomic E-state index is 0.0645. The number of nitrogens with zero attached hydrogens (tertiary/aromatic N) is 1. The van der Waals surface area contributed by atoms with Crippen LogP contribution in [0.1, 0.15) is 40.5 Å². The van der Waals surface area contributed by atoms with Crippen molar-refractivity contribution in [3.8, 4) is 0 Å². The van der Waals surface area contributed by atoms with Gasteiger partial charge in [-0.2, -0.15) is 0 Å². The molecule has 110 valence electrons. The summed E-state index contributed by atoms with van der Waals surface area (Å²) in [5.41, 5.74) is 0.0645. The zero-order chi connectivity index (χ0) is 14.6. The Balaban J connectivity index is 2.38. The Morgan fingerprint density at radius 1 is 1.32 bits per heavy atom. The fraction of sp³-hybridized carbons (Fsp3) is 0.857. The molecule has 19 heavy (non-hydrogen) atoms. The lowest BCUT2D eigenvalue weighted by atomic mass is 9.81. The van der Waals surface area contributed by atoms with Gasteiger partial charge in [0.1, 0.15) is 0 Å². The van der Waals surface area contributed by atoms with Crippen molar-refractivity contribution >= 4 is 12.0 Å². The summed E-state index contributed by atoms with van der Waals surface area (Å²) >= 11 is 0. The molecule has 0 radical (unpaired) electrons. The summed E-state index contributed by atoms with van der Waals surface area (Å²) in [4.78, 5) is 24.6. The van der Waals surface area contributed by atoms with E-state index < -0.39 is 5.97 Å². The van der Waals surface area contributed by atoms with Crippen LogP contribution in [0.5, 0.6) is 0 Å². The second-order valence-electron chi connectivity index (χ2n) is 6.40. The third-order valence-corrected chi connectivity index (χ3v) is 4.39. The van der Waals surface area contributed by atoms with Gasteiger partial charge < -0.3 is 15.3 Å². The molecule has 0 aromatic heterocycles. The van der Waals surface area contributed by atoms with Gasteiger partial charge in [0.25, 0.3) is 0 Å². The van der Waals surface area contributed by atoms with Crippen LogP contribution in [0.15, 0.2) is 0 Å². The van der Waals surface area contributed by atoms with Crippen LogP contribution in [0.3, 0.4) is 0 Å². The number of carbonyl (C=O) groups excluding carboxylic acids is 1. The standard InChI is InChI=1S/C14H26N2O3/c1-10(2)14(3,4)9-15-13(19)16-7-5-11(6-8-16)12(17)18/h10-11H,5-9H2,1-4H3,(H,15,19)(H,17,18). The number of carboxylic acids is 1. The number of hydrogen-bond donors (Lipinski definition) is 2. The lowest BCUT2D eigenvalue weighted by molar-refractivity contribution is -0.143. The maximum Gasteiger partial charge on any atom is 0.317 e. The van der Waals surface area contributed by atoms with E-state index in [0.717, 1.165) is 0 Å². The first kappa shape index (κ1) is 15.8. The molecule has 0 atom stereocenters. The van der Waals surface area contributed by atoms with Crippen molar-refractivity contribution in [1.29, 1.82) is 0 Å². The summed E-state index contributed by atoms with van der Waals surface area (Å²) in [6, 6.07) is -0.0717. The Labute approximate surface area is 115 Å². The number of nitrogens with one attached hydrogen (secondary N) is 1. The number of rotatable bonds is 4. The van der Waals surface area contributed by atoms with Gasteiger partial charge in [-0.3, -0.25) is 4.79 Å². The molecule has 1 rings (SSSR count). The Morgan fingerprint density at radius 2 is 1.84 bits per heavy atom. The van der Waals surface area contributed by atoms with Gasteiger partial charge in [-0.25, -0.2) is 4.79 Å². The molecule has 0 bridgehead atoms. The fourth-order valence-corrected chi connectivity index (χ4v) is 1.95. The second-order valence-corrected chi connectivity index (χ2v) is 6.40. The topological polar surface area (TPSA) is 69.6 Å². The number of amides is 2. The molecule has 5 nitrogen and oxygen atoms in total. The molecule has 0 spiro atoms. The molecule has 2 N–H and O–H groups in total. The van der Waals surface area contributed by atoms with E-state index in [1.807, 2.05) is 0 Å². The van der Waals surface area contributed by atoms with E-state index in [1.54, 1.807) is 4.90 Å². The van der Waals surface area contributed by atoms with E-state index in [2.05, 4.69) is 33.0 Å². The summed E-state index contributed by atoms with van der Waals surface area (Å²) in [6.07, 6.45) is 1.10. The van der Waals surface area contributed by atoms with Gasteiger partial charge in [0, 0.05) is 19.6 Å². The number of urea groups is 1. The average molecular weight is 270 g/mol. The molecular weight excluding hydrogens is 244 g/mol. The van der Waals surface area contributed by atoms with Crippen LogP contribution >= 0.6 is 0 Å². The van der Waals surface area contributed by atoms with Gasteiger partial charge in [-0.1, -0.05) is 27.7 Å². The predicted octanol–water partition coefficient (Wildman–Crippen LogP) is 2.17. The van der Waals surface area contributed by atoms with Gasteiger partial charge in [0.2, 0.25) is 0 Å². The van der Waals surface area contributed by atoms with Crippen molar-refractivity contribution in [3.05, 3.63) is 0 Å². The normalized spacial score (nSPS) is 17.6. The highest BCUT2D eigenvalue weighted by atomic mass is 16.4. The number of aliphatic carboxylic acids is 1. The van der Waals surface area contributed by atoms with Crippen LogP contribution in [0.4, 0.5) is 4.79 Å². The van der Waals surface area contributed by atoms with E-state index in [1.165, 1.54) is 0 Å². The molecule has 1 saturated heterocycles. The van der Waals surface area contributed by atoms with E-state index in [0.29, 0.717) is 38.4 Å². The molecule has 0 aliphatic carbocycles. The van der Waals surface area contributed by atoms with Crippen molar-refractivity contribution in [2.45, 2.75) is 40.5 Å². The lowest BCUT2D eigenvalue weighted by Crippen LogP contribution is -2.48. The fourth-order valence-electron chi connectivity index (χ4n) is 1.95. The smallest absolute Gasteiger partial charge is 0.317 e. The predicted molar refractivity (Wildman–Crippen MR) is 74.0 cm³/mol. The second kappa shape index (κ2) is 6.26. The van der Waals surface area contributed by atoms with E-state index in [9.17, 15) is 9.59 Å². The molecule has 1 fully saturated rings. The average Bonchev–Trinajstić information content (AvgIpc) is 2.36. The number of hydrogen-bond acceptors (Lipinski definition) is 2. The number of piperidine rings is 1. The molecule has 5 heteroatoms. The maximum absolute atomic E-state index is 12.0. The van der Waals surface area contributed by atoms with Crippen molar-refractivity contribution in [2.24, 2.45) is 17.3 Å². The first-order valence-corrected chi connectivity index (χ1v) is 6.99. The van der Waals surface area contributed by atoms with Crippen LogP contribution < -0.4 is 5.32 Å². The van der Waals surface area contributed by atoms with Crippen molar-refractivity contribution < 1.29 is 14.7 Å². The Bertz CT molecular complexity index is 332. The molecule has 0 aromatic carbocycles. The van der Waals surface area contributed by atoms with Crippen LogP contribution in [0.2, 0.25) is 0 Å². The summed E-state index contributed by atoms with van der Waals surface area (Å²) in [6.45, 7) is 10.3. The molecule has 1 heterocycles. The Kier molecular flexibility index (Phi) is 5.20. The summed E-state index contributed by atoms with van der Waals surface area (Å²) in [7, 11) is 0. The first-order chi connectivity index (χ1) is 8.74. The molecule has 0 saturated carbocycles. The van der Waals surface area contributed by atoms with Crippen LogP contribution in [-0.2, 0) is 4.79 Å². The third kappa shape index (κ3) is 4.40. The zero-order valence-electron chi connectivity index (χ0n) is 12.4. The lowest BCUT2D eigenvalue weighted by Gasteiger charge is -2.33. The highest BCUT2D eigenvalue weighted by molar-refractivity contribution is 5.75. The molecule has 0 aromatic rings. The number of carbonyl (C=O) groups is 2. The molecule has 2 amide bonds. The quantitative estimate of drug-likeness (QED) is 0.822. The van der Waals surface area contributed by atoms with Crippen molar-refractivity contribution in [1.82, 2.24) is 10.2 Å². The minimum atomic E-state index is -0.749. The van der Waals surface area contributed by atoms with Gasteiger partial charge in [-0.15, -0.1) is 0 Å². The molecular formula is C14H26N2O3. The number of likely N-dealkylation sites (tertiary alicyclic amines) is 1. The van der Waals surface area contributed by atoms with E-state index in [4.69, 9.17) is 5.11 Å². The highest BCUT2D eigenvalue weighted by Crippen LogP contribution is 2.25. The largest absolute Gasteiger partial charge is 0.481 e. The van der Waals surface area contributed by atoms with Gasteiger partial charge in [-0.05, 0) is 24.2 Å².